The largest absolute Gasteiger partial charge is 0.491 e. The van der Waals surface area contributed by atoms with Crippen LogP contribution in [0, 0.1) is 5.82 Å². The maximum Gasteiger partial charge on any atom is 0.246 e. The van der Waals surface area contributed by atoms with E-state index in [1.807, 2.05) is 6.08 Å². The van der Waals surface area contributed by atoms with Gasteiger partial charge in [0.25, 0.3) is 0 Å². The lowest BCUT2D eigenvalue weighted by Gasteiger charge is -2.14. The van der Waals surface area contributed by atoms with E-state index in [0.717, 1.165) is 37.7 Å². The Kier molecular flexibility index (Phi) is 6.40. The van der Waals surface area contributed by atoms with Crippen LogP contribution in [0.1, 0.15) is 32.1 Å². The zero-order chi connectivity index (χ0) is 15.8. The van der Waals surface area contributed by atoms with Crippen molar-refractivity contribution in [2.75, 3.05) is 13.2 Å². The van der Waals surface area contributed by atoms with Crippen molar-refractivity contribution in [3.05, 3.63) is 41.7 Å². The molecule has 1 aliphatic carbocycles. The fourth-order valence-corrected chi connectivity index (χ4v) is 2.33. The zero-order valence-electron chi connectivity index (χ0n) is 12.6. The smallest absolute Gasteiger partial charge is 0.246 e. The van der Waals surface area contributed by atoms with Crippen molar-refractivity contribution in [2.45, 2.75) is 38.2 Å². The molecule has 0 unspecified atom stereocenters. The second kappa shape index (κ2) is 8.54. The molecule has 4 nitrogen and oxygen atoms in total. The van der Waals surface area contributed by atoms with Crippen molar-refractivity contribution in [2.24, 2.45) is 0 Å². The van der Waals surface area contributed by atoms with Gasteiger partial charge in [-0.3, -0.25) is 4.79 Å². The van der Waals surface area contributed by atoms with Gasteiger partial charge in [-0.05, 0) is 49.9 Å². The number of allylic oxidation sites excluding steroid dienone is 1. The van der Waals surface area contributed by atoms with Gasteiger partial charge in [-0.25, -0.2) is 4.39 Å². The molecule has 0 radical (unpaired) electrons. The summed E-state index contributed by atoms with van der Waals surface area (Å²) in [5.74, 6) is 0.0397. The molecule has 0 heterocycles. The summed E-state index contributed by atoms with van der Waals surface area (Å²) < 4.78 is 18.1. The highest BCUT2D eigenvalue weighted by molar-refractivity contribution is 5.93. The van der Waals surface area contributed by atoms with Crippen LogP contribution in [0.3, 0.4) is 0 Å². The summed E-state index contributed by atoms with van der Waals surface area (Å²) in [6.07, 6.45) is 6.25. The average molecular weight is 307 g/mol. The van der Waals surface area contributed by atoms with Crippen molar-refractivity contribution in [1.29, 1.82) is 0 Å². The van der Waals surface area contributed by atoms with Gasteiger partial charge in [0, 0.05) is 12.1 Å². The number of halogens is 1. The monoisotopic (exact) mass is 307 g/mol. The Morgan fingerprint density at radius 1 is 1.27 bits per heavy atom. The first-order valence-corrected chi connectivity index (χ1v) is 7.69. The SMILES string of the molecule is O=C(NC[C@@H](O)COc1ccc(F)cc1)C1=CCCCCC1. The van der Waals surface area contributed by atoms with Crippen molar-refractivity contribution >= 4 is 5.91 Å². The topological polar surface area (TPSA) is 58.6 Å². The summed E-state index contributed by atoms with van der Waals surface area (Å²) in [5, 5.41) is 12.6. The second-order valence-electron chi connectivity index (χ2n) is 5.46. The number of benzene rings is 1. The summed E-state index contributed by atoms with van der Waals surface area (Å²) in [4.78, 5) is 12.0. The normalized spacial score (nSPS) is 16.4. The van der Waals surface area contributed by atoms with E-state index in [0.29, 0.717) is 5.75 Å². The molecule has 0 saturated carbocycles. The minimum Gasteiger partial charge on any atom is -0.491 e. The highest BCUT2D eigenvalue weighted by Crippen LogP contribution is 2.17. The van der Waals surface area contributed by atoms with E-state index in [4.69, 9.17) is 4.74 Å². The molecular formula is C17H22FNO3. The van der Waals surface area contributed by atoms with Crippen LogP contribution in [0.25, 0.3) is 0 Å². The van der Waals surface area contributed by atoms with Gasteiger partial charge in [0.2, 0.25) is 5.91 Å². The molecular weight excluding hydrogens is 285 g/mol. The molecule has 0 fully saturated rings. The van der Waals surface area contributed by atoms with Gasteiger partial charge in [0.15, 0.2) is 0 Å². The predicted octanol–water partition coefficient (Wildman–Crippen LogP) is 2.57. The standard InChI is InChI=1S/C17H22FNO3/c18-14-7-9-16(10-8-14)22-12-15(20)11-19-17(21)13-5-3-1-2-4-6-13/h5,7-10,15,20H,1-4,6,11-12H2,(H,19,21)/t15-/m1/s1. The van der Waals surface area contributed by atoms with Crippen LogP contribution in [0.4, 0.5) is 4.39 Å². The second-order valence-corrected chi connectivity index (χ2v) is 5.46. The quantitative estimate of drug-likeness (QED) is 0.849. The van der Waals surface area contributed by atoms with Crippen LogP contribution in [-0.4, -0.2) is 30.3 Å². The fourth-order valence-electron chi connectivity index (χ4n) is 2.33. The first-order chi connectivity index (χ1) is 10.6. The van der Waals surface area contributed by atoms with Gasteiger partial charge in [-0.2, -0.15) is 0 Å². The molecule has 0 aliphatic heterocycles. The Morgan fingerprint density at radius 3 is 2.82 bits per heavy atom. The third-order valence-electron chi connectivity index (χ3n) is 3.59. The van der Waals surface area contributed by atoms with E-state index in [2.05, 4.69) is 5.32 Å². The molecule has 1 aliphatic rings. The number of nitrogens with one attached hydrogen (secondary N) is 1. The number of hydrogen-bond donors (Lipinski definition) is 2. The van der Waals surface area contributed by atoms with Crippen LogP contribution in [0.2, 0.25) is 0 Å². The summed E-state index contributed by atoms with van der Waals surface area (Å²) in [6.45, 7) is 0.183. The van der Waals surface area contributed by atoms with Crippen molar-refractivity contribution in [1.82, 2.24) is 5.32 Å². The molecule has 1 atom stereocenters. The van der Waals surface area contributed by atoms with Gasteiger partial charge in [-0.1, -0.05) is 12.5 Å². The highest BCUT2D eigenvalue weighted by Gasteiger charge is 2.13. The maximum atomic E-state index is 12.7. The van der Waals surface area contributed by atoms with E-state index >= 15 is 0 Å². The molecule has 1 amide bonds. The summed E-state index contributed by atoms with van der Waals surface area (Å²) in [7, 11) is 0. The summed E-state index contributed by atoms with van der Waals surface area (Å²) >= 11 is 0. The van der Waals surface area contributed by atoms with Crippen molar-refractivity contribution in [3.63, 3.8) is 0 Å². The van der Waals surface area contributed by atoms with Crippen LogP contribution in [0.15, 0.2) is 35.9 Å². The lowest BCUT2D eigenvalue weighted by atomic mass is 10.1. The molecule has 2 N–H and O–H groups in total. The van der Waals surface area contributed by atoms with Crippen LogP contribution in [0.5, 0.6) is 5.75 Å². The van der Waals surface area contributed by atoms with E-state index in [1.165, 1.54) is 24.3 Å². The predicted molar refractivity (Wildman–Crippen MR) is 82.1 cm³/mol. The Hall–Kier alpha value is -1.88. The van der Waals surface area contributed by atoms with E-state index < -0.39 is 6.10 Å². The van der Waals surface area contributed by atoms with Gasteiger partial charge in [0.1, 0.15) is 24.3 Å². The number of carbonyl (C=O) groups excluding carboxylic acids is 1. The number of aliphatic hydroxyl groups is 1. The Balaban J connectivity index is 1.70. The minimum absolute atomic E-state index is 0.0466. The molecule has 0 bridgehead atoms. The highest BCUT2D eigenvalue weighted by atomic mass is 19.1. The Morgan fingerprint density at radius 2 is 2.05 bits per heavy atom. The van der Waals surface area contributed by atoms with E-state index in [-0.39, 0.29) is 24.9 Å². The van der Waals surface area contributed by atoms with E-state index in [1.54, 1.807) is 0 Å². The summed E-state index contributed by atoms with van der Waals surface area (Å²) in [6, 6.07) is 5.58. The zero-order valence-corrected chi connectivity index (χ0v) is 12.6. The van der Waals surface area contributed by atoms with Crippen LogP contribution >= 0.6 is 0 Å². The number of amides is 1. The number of carbonyl (C=O) groups is 1. The van der Waals surface area contributed by atoms with Crippen LogP contribution < -0.4 is 10.1 Å². The van der Waals surface area contributed by atoms with Gasteiger partial charge in [-0.15, -0.1) is 0 Å². The number of hydrogen-bond acceptors (Lipinski definition) is 3. The van der Waals surface area contributed by atoms with Crippen molar-refractivity contribution in [3.8, 4) is 5.75 Å². The number of ether oxygens (including phenoxy) is 1. The summed E-state index contributed by atoms with van der Waals surface area (Å²) in [5.41, 5.74) is 0.809. The fraction of sp³-hybridized carbons (Fsp3) is 0.471. The average Bonchev–Trinajstić information content (AvgIpc) is 2.81. The molecule has 1 aromatic carbocycles. The molecule has 0 spiro atoms. The van der Waals surface area contributed by atoms with E-state index in [9.17, 15) is 14.3 Å². The Labute approximate surface area is 130 Å². The molecule has 2 rings (SSSR count). The molecule has 0 saturated heterocycles. The third kappa shape index (κ3) is 5.48. The molecule has 22 heavy (non-hydrogen) atoms. The Bertz CT molecular complexity index is 513. The first kappa shape index (κ1) is 16.5. The van der Waals surface area contributed by atoms with Gasteiger partial charge >= 0.3 is 0 Å². The first-order valence-electron chi connectivity index (χ1n) is 7.69. The molecule has 5 heteroatoms. The number of rotatable bonds is 6. The maximum absolute atomic E-state index is 12.7. The molecule has 1 aromatic rings. The van der Waals surface area contributed by atoms with Crippen molar-refractivity contribution < 1.29 is 19.0 Å². The van der Waals surface area contributed by atoms with Crippen LogP contribution in [-0.2, 0) is 4.79 Å². The molecule has 120 valence electrons. The lowest BCUT2D eigenvalue weighted by molar-refractivity contribution is -0.118. The van der Waals surface area contributed by atoms with Gasteiger partial charge in [0.05, 0.1) is 0 Å². The number of aliphatic hydroxyl groups excluding tert-OH is 1. The minimum atomic E-state index is -0.805. The lowest BCUT2D eigenvalue weighted by Crippen LogP contribution is -2.36. The molecule has 0 aromatic heterocycles. The third-order valence-corrected chi connectivity index (χ3v) is 3.59. The van der Waals surface area contributed by atoms with Gasteiger partial charge < -0.3 is 15.2 Å².